The van der Waals surface area contributed by atoms with E-state index in [2.05, 4.69) is 0 Å². The van der Waals surface area contributed by atoms with Gasteiger partial charge in [0.15, 0.2) is 0 Å². The van der Waals surface area contributed by atoms with Crippen molar-refractivity contribution in [3.8, 4) is 0 Å². The molecule has 1 aliphatic rings. The van der Waals surface area contributed by atoms with Gasteiger partial charge in [0.1, 0.15) is 5.60 Å². The standard InChI is InChI=1S/C26H34F2N2O4/c1-6-11-20(17-30(23(27)28)22(31)12-7-2)19(3)29-16-15-26(34-24(29)32,18-25(4,5)33)21-13-9-8-10-14-21/h6-14,17,19,23,33H,15-16,18H2,1-5H3/b11-6-,12-7-,20-17+/t19-,26-/m0/s1. The molecule has 2 rings (SSSR count). The van der Waals surface area contributed by atoms with E-state index in [0.29, 0.717) is 16.9 Å². The average molecular weight is 477 g/mol. The van der Waals surface area contributed by atoms with Crippen LogP contribution in [0, 0.1) is 0 Å². The Labute approximate surface area is 200 Å². The van der Waals surface area contributed by atoms with Crippen molar-refractivity contribution in [2.45, 2.75) is 71.3 Å². The third kappa shape index (κ3) is 6.76. The Morgan fingerprint density at radius 2 is 1.85 bits per heavy atom. The van der Waals surface area contributed by atoms with Crippen molar-refractivity contribution >= 4 is 12.0 Å². The minimum absolute atomic E-state index is 0.201. The molecule has 34 heavy (non-hydrogen) atoms. The molecular weight excluding hydrogens is 442 g/mol. The van der Waals surface area contributed by atoms with Gasteiger partial charge in [-0.3, -0.25) is 9.69 Å². The van der Waals surface area contributed by atoms with Crippen LogP contribution in [0.4, 0.5) is 13.6 Å². The topological polar surface area (TPSA) is 70.1 Å². The second-order valence-electron chi connectivity index (χ2n) is 8.99. The summed E-state index contributed by atoms with van der Waals surface area (Å²) in [6, 6.07) is 8.63. The molecule has 186 valence electrons. The SMILES string of the molecule is C/C=C\C(=O)N(/C=C(\C=C/C)[C@H](C)N1CC[C@](CC(C)(C)O)(c2ccccc2)OC1=O)C(F)F. The molecule has 1 aliphatic heterocycles. The molecule has 1 saturated heterocycles. The highest BCUT2D eigenvalue weighted by molar-refractivity contribution is 5.88. The molecule has 1 heterocycles. The molecule has 2 amide bonds. The first kappa shape index (κ1) is 27.2. The van der Waals surface area contributed by atoms with Crippen LogP contribution >= 0.6 is 0 Å². The predicted molar refractivity (Wildman–Crippen MR) is 127 cm³/mol. The molecule has 0 bridgehead atoms. The van der Waals surface area contributed by atoms with E-state index in [4.69, 9.17) is 4.74 Å². The van der Waals surface area contributed by atoms with Gasteiger partial charge in [-0.25, -0.2) is 4.79 Å². The highest BCUT2D eigenvalue weighted by Crippen LogP contribution is 2.41. The largest absolute Gasteiger partial charge is 0.438 e. The lowest BCUT2D eigenvalue weighted by atomic mass is 9.80. The van der Waals surface area contributed by atoms with E-state index in [1.807, 2.05) is 30.3 Å². The molecule has 0 radical (unpaired) electrons. The van der Waals surface area contributed by atoms with E-state index in [1.165, 1.54) is 11.0 Å². The number of halogens is 2. The third-order valence-electron chi connectivity index (χ3n) is 5.66. The summed E-state index contributed by atoms with van der Waals surface area (Å²) in [4.78, 5) is 27.1. The van der Waals surface area contributed by atoms with Crippen LogP contribution in [0.25, 0.3) is 0 Å². The minimum Gasteiger partial charge on any atom is -0.438 e. The molecule has 0 unspecified atom stereocenters. The van der Waals surface area contributed by atoms with Gasteiger partial charge in [0, 0.05) is 25.6 Å². The summed E-state index contributed by atoms with van der Waals surface area (Å²) in [7, 11) is 0. The Hall–Kier alpha value is -3.00. The molecule has 0 aromatic heterocycles. The lowest BCUT2D eigenvalue weighted by molar-refractivity contribution is -0.133. The quantitative estimate of drug-likeness (QED) is 0.296. The zero-order chi connectivity index (χ0) is 25.5. The number of hydrogen-bond donors (Lipinski definition) is 1. The van der Waals surface area contributed by atoms with Crippen molar-refractivity contribution in [3.63, 3.8) is 0 Å². The fraction of sp³-hybridized carbons (Fsp3) is 0.462. The first-order chi connectivity index (χ1) is 15.9. The van der Waals surface area contributed by atoms with Gasteiger partial charge in [0.2, 0.25) is 0 Å². The van der Waals surface area contributed by atoms with Crippen LogP contribution in [0.15, 0.2) is 66.4 Å². The summed E-state index contributed by atoms with van der Waals surface area (Å²) in [5.41, 5.74) is -0.978. The van der Waals surface area contributed by atoms with Crippen molar-refractivity contribution < 1.29 is 28.2 Å². The van der Waals surface area contributed by atoms with Crippen LogP contribution in [0.1, 0.15) is 53.0 Å². The van der Waals surface area contributed by atoms with Crippen LogP contribution < -0.4 is 0 Å². The molecule has 0 aliphatic carbocycles. The number of benzene rings is 1. The lowest BCUT2D eigenvalue weighted by Gasteiger charge is -2.45. The maximum atomic E-state index is 13.6. The summed E-state index contributed by atoms with van der Waals surface area (Å²) in [6.45, 7) is 5.54. The number of cyclic esters (lactones) is 1. The van der Waals surface area contributed by atoms with E-state index in [1.54, 1.807) is 46.8 Å². The van der Waals surface area contributed by atoms with E-state index in [0.717, 1.165) is 17.8 Å². The molecule has 2 atom stereocenters. The van der Waals surface area contributed by atoms with Crippen LogP contribution in [0.3, 0.4) is 0 Å². The molecule has 1 aromatic carbocycles. The molecule has 8 heteroatoms. The van der Waals surface area contributed by atoms with Crippen LogP contribution in [-0.2, 0) is 15.1 Å². The summed E-state index contributed by atoms with van der Waals surface area (Å²) < 4.78 is 33.1. The molecular formula is C26H34F2N2O4. The summed E-state index contributed by atoms with van der Waals surface area (Å²) in [5, 5.41) is 10.5. The van der Waals surface area contributed by atoms with Crippen molar-refractivity contribution in [3.05, 3.63) is 72.0 Å². The van der Waals surface area contributed by atoms with Gasteiger partial charge in [0.25, 0.3) is 5.91 Å². The van der Waals surface area contributed by atoms with Gasteiger partial charge >= 0.3 is 12.6 Å². The number of carbonyl (C=O) groups excluding carboxylic acids is 2. The maximum absolute atomic E-state index is 13.6. The van der Waals surface area contributed by atoms with Crippen molar-refractivity contribution in [1.82, 2.24) is 9.80 Å². The van der Waals surface area contributed by atoms with Crippen LogP contribution in [-0.4, -0.2) is 51.6 Å². The van der Waals surface area contributed by atoms with E-state index in [-0.39, 0.29) is 13.0 Å². The number of amides is 2. The van der Waals surface area contributed by atoms with E-state index in [9.17, 15) is 23.5 Å². The predicted octanol–water partition coefficient (Wildman–Crippen LogP) is 5.36. The number of alkyl halides is 2. The number of nitrogens with zero attached hydrogens (tertiary/aromatic N) is 2. The highest BCUT2D eigenvalue weighted by atomic mass is 19.3. The van der Waals surface area contributed by atoms with Crippen molar-refractivity contribution in [1.29, 1.82) is 0 Å². The molecule has 1 N–H and O–H groups in total. The van der Waals surface area contributed by atoms with E-state index >= 15 is 0 Å². The zero-order valence-electron chi connectivity index (χ0n) is 20.4. The van der Waals surface area contributed by atoms with Gasteiger partial charge in [0.05, 0.1) is 11.6 Å². The summed E-state index contributed by atoms with van der Waals surface area (Å²) >= 11 is 0. The summed E-state index contributed by atoms with van der Waals surface area (Å²) in [6.07, 6.45) is 6.74. The molecule has 1 fully saturated rings. The van der Waals surface area contributed by atoms with Gasteiger partial charge in [-0.05, 0) is 51.8 Å². The fourth-order valence-electron chi connectivity index (χ4n) is 4.16. The number of ether oxygens (including phenoxy) is 1. The first-order valence-corrected chi connectivity index (χ1v) is 11.3. The molecule has 0 spiro atoms. The Bertz CT molecular complexity index is 938. The molecule has 0 saturated carbocycles. The number of carbonyl (C=O) groups is 2. The lowest BCUT2D eigenvalue weighted by Crippen LogP contribution is -2.53. The normalized spacial score (nSPS) is 20.8. The smallest absolute Gasteiger partial charge is 0.411 e. The number of allylic oxidation sites excluding steroid dienone is 2. The molecule has 6 nitrogen and oxygen atoms in total. The Kier molecular flexibility index (Phi) is 9.15. The van der Waals surface area contributed by atoms with E-state index < -0.39 is 35.8 Å². The zero-order valence-corrected chi connectivity index (χ0v) is 20.4. The molecule has 1 aromatic rings. The van der Waals surface area contributed by atoms with Crippen LogP contribution in [0.2, 0.25) is 0 Å². The van der Waals surface area contributed by atoms with Crippen molar-refractivity contribution in [2.75, 3.05) is 6.54 Å². The fourth-order valence-corrected chi connectivity index (χ4v) is 4.16. The highest BCUT2D eigenvalue weighted by Gasteiger charge is 2.46. The van der Waals surface area contributed by atoms with Crippen LogP contribution in [0.5, 0.6) is 0 Å². The van der Waals surface area contributed by atoms with Gasteiger partial charge in [-0.1, -0.05) is 48.6 Å². The van der Waals surface area contributed by atoms with Gasteiger partial charge < -0.3 is 14.7 Å². The second kappa shape index (κ2) is 11.4. The minimum atomic E-state index is -3.04. The summed E-state index contributed by atoms with van der Waals surface area (Å²) in [5.74, 6) is -0.860. The number of hydrogen-bond acceptors (Lipinski definition) is 4. The number of rotatable bonds is 9. The third-order valence-corrected chi connectivity index (χ3v) is 5.66. The second-order valence-corrected chi connectivity index (χ2v) is 8.99. The Morgan fingerprint density at radius 3 is 2.35 bits per heavy atom. The average Bonchev–Trinajstić information content (AvgIpc) is 2.75. The maximum Gasteiger partial charge on any atom is 0.411 e. The Morgan fingerprint density at radius 1 is 1.24 bits per heavy atom. The number of aliphatic hydroxyl groups is 1. The van der Waals surface area contributed by atoms with Gasteiger partial charge in [-0.2, -0.15) is 8.78 Å². The monoisotopic (exact) mass is 476 g/mol. The van der Waals surface area contributed by atoms with Gasteiger partial charge in [-0.15, -0.1) is 0 Å². The first-order valence-electron chi connectivity index (χ1n) is 11.3. The Balaban J connectivity index is 2.37. The van der Waals surface area contributed by atoms with Crippen molar-refractivity contribution in [2.24, 2.45) is 0 Å².